The van der Waals surface area contributed by atoms with Gasteiger partial charge in [-0.15, -0.1) is 0 Å². The fourth-order valence-electron chi connectivity index (χ4n) is 1.43. The van der Waals surface area contributed by atoms with E-state index in [9.17, 15) is 9.90 Å². The van der Waals surface area contributed by atoms with Crippen LogP contribution in [0.3, 0.4) is 0 Å². The number of aryl methyl sites for hydroxylation is 1. The normalized spacial score (nSPS) is 10.5. The summed E-state index contributed by atoms with van der Waals surface area (Å²) in [6.07, 6.45) is 3.36. The molecule has 19 heavy (non-hydrogen) atoms. The summed E-state index contributed by atoms with van der Waals surface area (Å²) < 4.78 is 4.39. The summed E-state index contributed by atoms with van der Waals surface area (Å²) in [5.41, 5.74) is 1.64. The number of rotatable bonds is 4. The Labute approximate surface area is 113 Å². The van der Waals surface area contributed by atoms with Crippen LogP contribution in [0.25, 0.3) is 6.08 Å². The first-order valence-corrected chi connectivity index (χ1v) is 6.02. The SMILES string of the molecule is COC(=O)C#CCCC/C(O)=C/c1cccc(C)n1. The monoisotopic (exact) mass is 259 g/mol. The number of esters is 1. The standard InChI is InChI=1S/C15H17NO3/c1-12-7-6-8-13(16-12)11-14(17)9-4-3-5-10-15(18)19-2/h6-8,11,17H,3-4,9H2,1-2H3/b14-11-. The number of ether oxygens (including phenoxy) is 1. The second kappa shape index (κ2) is 7.93. The molecule has 0 unspecified atom stereocenters. The number of aromatic nitrogens is 1. The second-order valence-electron chi connectivity index (χ2n) is 3.99. The topological polar surface area (TPSA) is 59.4 Å². The van der Waals surface area contributed by atoms with Gasteiger partial charge in [0.15, 0.2) is 0 Å². The van der Waals surface area contributed by atoms with Crippen LogP contribution in [0.15, 0.2) is 24.0 Å². The van der Waals surface area contributed by atoms with Crippen molar-refractivity contribution in [3.63, 3.8) is 0 Å². The van der Waals surface area contributed by atoms with Crippen LogP contribution in [-0.4, -0.2) is 23.2 Å². The highest BCUT2D eigenvalue weighted by atomic mass is 16.5. The minimum atomic E-state index is -0.538. The van der Waals surface area contributed by atoms with Gasteiger partial charge in [0.25, 0.3) is 0 Å². The molecule has 0 radical (unpaired) electrons. The van der Waals surface area contributed by atoms with E-state index in [4.69, 9.17) is 0 Å². The van der Waals surface area contributed by atoms with Crippen molar-refractivity contribution in [3.8, 4) is 11.8 Å². The summed E-state index contributed by atoms with van der Waals surface area (Å²) in [5, 5.41) is 9.73. The van der Waals surface area contributed by atoms with E-state index in [-0.39, 0.29) is 5.76 Å². The molecule has 1 heterocycles. The van der Waals surface area contributed by atoms with Crippen molar-refractivity contribution >= 4 is 12.0 Å². The fraction of sp³-hybridized carbons (Fsp3) is 0.333. The van der Waals surface area contributed by atoms with Crippen molar-refractivity contribution in [2.45, 2.75) is 26.2 Å². The molecule has 1 aromatic rings. The average Bonchev–Trinajstić information content (AvgIpc) is 2.38. The van der Waals surface area contributed by atoms with Gasteiger partial charge in [0.05, 0.1) is 18.6 Å². The Morgan fingerprint density at radius 3 is 3.00 bits per heavy atom. The van der Waals surface area contributed by atoms with Crippen LogP contribution in [0, 0.1) is 18.8 Å². The molecule has 1 N–H and O–H groups in total. The van der Waals surface area contributed by atoms with E-state index in [1.807, 2.05) is 25.1 Å². The third kappa shape index (κ3) is 6.27. The molecule has 0 aliphatic heterocycles. The maximum absolute atomic E-state index is 10.7. The Bertz CT molecular complexity index is 524. The van der Waals surface area contributed by atoms with Crippen molar-refractivity contribution in [3.05, 3.63) is 35.3 Å². The van der Waals surface area contributed by atoms with Gasteiger partial charge in [-0.25, -0.2) is 4.79 Å². The van der Waals surface area contributed by atoms with Gasteiger partial charge in [0.1, 0.15) is 0 Å². The highest BCUT2D eigenvalue weighted by molar-refractivity contribution is 5.88. The van der Waals surface area contributed by atoms with Gasteiger partial charge < -0.3 is 9.84 Å². The molecular weight excluding hydrogens is 242 g/mol. The zero-order chi connectivity index (χ0) is 14.1. The van der Waals surface area contributed by atoms with E-state index in [1.165, 1.54) is 7.11 Å². The molecule has 0 aromatic carbocycles. The Morgan fingerprint density at radius 2 is 2.32 bits per heavy atom. The second-order valence-corrected chi connectivity index (χ2v) is 3.99. The molecule has 100 valence electrons. The lowest BCUT2D eigenvalue weighted by molar-refractivity contribution is -0.133. The van der Waals surface area contributed by atoms with Crippen LogP contribution in [0.4, 0.5) is 0 Å². The molecule has 4 heteroatoms. The van der Waals surface area contributed by atoms with Gasteiger partial charge in [0, 0.05) is 30.5 Å². The molecule has 0 saturated heterocycles. The van der Waals surface area contributed by atoms with Crippen LogP contribution in [-0.2, 0) is 9.53 Å². The maximum Gasteiger partial charge on any atom is 0.384 e. The molecule has 1 aromatic heterocycles. The molecule has 0 spiro atoms. The minimum absolute atomic E-state index is 0.262. The van der Waals surface area contributed by atoms with E-state index in [0.29, 0.717) is 19.3 Å². The summed E-state index contributed by atoms with van der Waals surface area (Å²) >= 11 is 0. The number of carbonyl (C=O) groups excluding carboxylic acids is 1. The molecule has 0 saturated carbocycles. The highest BCUT2D eigenvalue weighted by Crippen LogP contribution is 2.09. The Hall–Kier alpha value is -2.28. The van der Waals surface area contributed by atoms with E-state index < -0.39 is 5.97 Å². The molecule has 0 aliphatic carbocycles. The zero-order valence-electron chi connectivity index (χ0n) is 11.1. The zero-order valence-corrected chi connectivity index (χ0v) is 11.1. The first-order valence-electron chi connectivity index (χ1n) is 6.02. The summed E-state index contributed by atoms with van der Waals surface area (Å²) in [4.78, 5) is 15.0. The van der Waals surface area contributed by atoms with Crippen LogP contribution < -0.4 is 0 Å². The fourth-order valence-corrected chi connectivity index (χ4v) is 1.43. The van der Waals surface area contributed by atoms with Gasteiger partial charge in [-0.1, -0.05) is 12.0 Å². The third-order valence-corrected chi connectivity index (χ3v) is 2.33. The number of aliphatic hydroxyl groups is 1. The van der Waals surface area contributed by atoms with Gasteiger partial charge in [-0.05, 0) is 25.5 Å². The van der Waals surface area contributed by atoms with E-state index in [0.717, 1.165) is 11.4 Å². The molecule has 1 rings (SSSR count). The smallest absolute Gasteiger partial charge is 0.384 e. The minimum Gasteiger partial charge on any atom is -0.512 e. The molecule has 0 bridgehead atoms. The van der Waals surface area contributed by atoms with Gasteiger partial charge in [-0.3, -0.25) is 4.98 Å². The van der Waals surface area contributed by atoms with Gasteiger partial charge in [0.2, 0.25) is 0 Å². The lowest BCUT2D eigenvalue weighted by atomic mass is 10.2. The Kier molecular flexibility index (Phi) is 6.17. The number of allylic oxidation sites excluding steroid dienone is 1. The number of carbonyl (C=O) groups is 1. The molecule has 0 fully saturated rings. The summed E-state index contributed by atoms with van der Waals surface area (Å²) in [6, 6.07) is 5.63. The van der Waals surface area contributed by atoms with Crippen molar-refractivity contribution in [2.24, 2.45) is 0 Å². The predicted molar refractivity (Wildman–Crippen MR) is 73.2 cm³/mol. The summed E-state index contributed by atoms with van der Waals surface area (Å²) in [6.45, 7) is 1.90. The summed E-state index contributed by atoms with van der Waals surface area (Å²) in [7, 11) is 1.29. The van der Waals surface area contributed by atoms with Gasteiger partial charge >= 0.3 is 5.97 Å². The molecule has 0 amide bonds. The molecule has 0 atom stereocenters. The van der Waals surface area contributed by atoms with Crippen molar-refractivity contribution in [1.82, 2.24) is 4.98 Å². The van der Waals surface area contributed by atoms with E-state index in [2.05, 4.69) is 21.6 Å². The van der Waals surface area contributed by atoms with Crippen LogP contribution >= 0.6 is 0 Å². The number of aliphatic hydroxyl groups excluding tert-OH is 1. The quantitative estimate of drug-likeness (QED) is 0.297. The molecule has 0 aliphatic rings. The lowest BCUT2D eigenvalue weighted by Gasteiger charge is -1.99. The average molecular weight is 259 g/mol. The van der Waals surface area contributed by atoms with E-state index in [1.54, 1.807) is 6.08 Å². The Morgan fingerprint density at radius 1 is 1.53 bits per heavy atom. The number of unbranched alkanes of at least 4 members (excludes halogenated alkanes) is 1. The first-order chi connectivity index (χ1) is 9.11. The van der Waals surface area contributed by atoms with Crippen LogP contribution in [0.1, 0.15) is 30.7 Å². The number of pyridine rings is 1. The predicted octanol–water partition coefficient (Wildman–Crippen LogP) is 2.64. The third-order valence-electron chi connectivity index (χ3n) is 2.33. The lowest BCUT2D eigenvalue weighted by Crippen LogP contribution is -1.94. The van der Waals surface area contributed by atoms with Crippen molar-refractivity contribution in [2.75, 3.05) is 7.11 Å². The molecular formula is C15H17NO3. The largest absolute Gasteiger partial charge is 0.512 e. The van der Waals surface area contributed by atoms with Crippen LogP contribution in [0.2, 0.25) is 0 Å². The first kappa shape index (κ1) is 14.8. The number of hydrogen-bond donors (Lipinski definition) is 1. The number of hydrogen-bond acceptors (Lipinski definition) is 4. The molecule has 4 nitrogen and oxygen atoms in total. The summed E-state index contributed by atoms with van der Waals surface area (Å²) in [5.74, 6) is 4.75. The maximum atomic E-state index is 10.7. The van der Waals surface area contributed by atoms with Crippen LogP contribution in [0.5, 0.6) is 0 Å². The highest BCUT2D eigenvalue weighted by Gasteiger charge is 1.96. The number of nitrogens with zero attached hydrogens (tertiary/aromatic N) is 1. The van der Waals surface area contributed by atoms with Crippen molar-refractivity contribution < 1.29 is 14.6 Å². The Balaban J connectivity index is 2.40. The van der Waals surface area contributed by atoms with Gasteiger partial charge in [-0.2, -0.15) is 0 Å². The van der Waals surface area contributed by atoms with Crippen molar-refractivity contribution in [1.29, 1.82) is 0 Å². The number of methoxy groups -OCH3 is 1. The van der Waals surface area contributed by atoms with E-state index >= 15 is 0 Å².